The Morgan fingerprint density at radius 2 is 2.20 bits per heavy atom. The molecule has 0 bridgehead atoms. The number of anilines is 1. The molecule has 2 heterocycles. The number of nitriles is 1. The molecular weight excluding hydrogens is 252 g/mol. The van der Waals surface area contributed by atoms with Gasteiger partial charge < -0.3 is 10.3 Å². The van der Waals surface area contributed by atoms with E-state index in [1.165, 1.54) is 0 Å². The molecule has 0 spiro atoms. The van der Waals surface area contributed by atoms with Crippen LogP contribution >= 0.6 is 0 Å². The third kappa shape index (κ3) is 2.06. The number of aryl methyl sites for hydroxylation is 1. The molecule has 20 heavy (non-hydrogen) atoms. The van der Waals surface area contributed by atoms with Crippen LogP contribution in [0.25, 0.3) is 11.2 Å². The highest BCUT2D eigenvalue weighted by atomic mass is 15.1. The van der Waals surface area contributed by atoms with E-state index >= 15 is 0 Å². The highest BCUT2D eigenvalue weighted by Crippen LogP contribution is 2.17. The molecule has 0 saturated carbocycles. The van der Waals surface area contributed by atoms with Gasteiger partial charge in [0.25, 0.3) is 0 Å². The van der Waals surface area contributed by atoms with E-state index in [4.69, 9.17) is 11.0 Å². The lowest BCUT2D eigenvalue weighted by Crippen LogP contribution is -2.02. The minimum atomic E-state index is 0.386. The predicted octanol–water partition coefficient (Wildman–Crippen LogP) is 1.64. The second-order valence-corrected chi connectivity index (χ2v) is 4.51. The fourth-order valence-corrected chi connectivity index (χ4v) is 2.13. The lowest BCUT2D eigenvalue weighted by Gasteiger charge is -2.05. The van der Waals surface area contributed by atoms with Crippen LogP contribution in [0, 0.1) is 18.3 Å². The lowest BCUT2D eigenvalue weighted by atomic mass is 10.1. The summed E-state index contributed by atoms with van der Waals surface area (Å²) >= 11 is 0. The van der Waals surface area contributed by atoms with E-state index in [1.807, 2.05) is 22.8 Å². The average molecular weight is 264 g/mol. The molecule has 0 unspecified atom stereocenters. The van der Waals surface area contributed by atoms with Gasteiger partial charge in [-0.1, -0.05) is 12.1 Å². The van der Waals surface area contributed by atoms with Crippen molar-refractivity contribution in [1.82, 2.24) is 19.5 Å². The standard InChI is InChI=1S/C14H12N6/c1-9-18-13(16)12-14(19-9)20(8-17-12)7-11-4-2-3-10(5-11)6-15/h2-5,8H,7H2,1H3,(H2,16,18,19). The van der Waals surface area contributed by atoms with Gasteiger partial charge in [-0.3, -0.25) is 0 Å². The van der Waals surface area contributed by atoms with Crippen molar-refractivity contribution in [3.63, 3.8) is 0 Å². The van der Waals surface area contributed by atoms with E-state index in [1.54, 1.807) is 19.3 Å². The summed E-state index contributed by atoms with van der Waals surface area (Å²) in [5.74, 6) is 1.000. The second-order valence-electron chi connectivity index (χ2n) is 4.51. The van der Waals surface area contributed by atoms with E-state index in [0.717, 1.165) is 5.56 Å². The number of rotatable bonds is 2. The Hall–Kier alpha value is -2.94. The zero-order chi connectivity index (χ0) is 14.1. The first kappa shape index (κ1) is 12.1. The summed E-state index contributed by atoms with van der Waals surface area (Å²) in [4.78, 5) is 12.7. The highest BCUT2D eigenvalue weighted by Gasteiger charge is 2.10. The maximum atomic E-state index is 8.93. The molecule has 98 valence electrons. The van der Waals surface area contributed by atoms with Gasteiger partial charge in [0.15, 0.2) is 11.5 Å². The number of aromatic nitrogens is 4. The Balaban J connectivity index is 2.05. The number of benzene rings is 1. The fourth-order valence-electron chi connectivity index (χ4n) is 2.13. The summed E-state index contributed by atoms with van der Waals surface area (Å²) in [7, 11) is 0. The number of nitrogens with zero attached hydrogens (tertiary/aromatic N) is 5. The first-order valence-electron chi connectivity index (χ1n) is 6.11. The summed E-state index contributed by atoms with van der Waals surface area (Å²) in [6, 6.07) is 9.58. The van der Waals surface area contributed by atoms with Crippen LogP contribution in [0.5, 0.6) is 0 Å². The summed E-state index contributed by atoms with van der Waals surface area (Å²) in [5.41, 5.74) is 8.80. The molecular formula is C14H12N6. The topological polar surface area (TPSA) is 93.4 Å². The van der Waals surface area contributed by atoms with Crippen LogP contribution in [-0.2, 0) is 6.54 Å². The molecule has 3 rings (SSSR count). The molecule has 1 aromatic carbocycles. The number of hydrogen-bond donors (Lipinski definition) is 1. The predicted molar refractivity (Wildman–Crippen MR) is 74.7 cm³/mol. The molecule has 3 aromatic rings. The van der Waals surface area contributed by atoms with Crippen molar-refractivity contribution < 1.29 is 0 Å². The quantitative estimate of drug-likeness (QED) is 0.759. The first-order chi connectivity index (χ1) is 9.67. The monoisotopic (exact) mass is 264 g/mol. The van der Waals surface area contributed by atoms with Gasteiger partial charge in [-0.15, -0.1) is 0 Å². The van der Waals surface area contributed by atoms with Gasteiger partial charge in [0.05, 0.1) is 24.5 Å². The summed E-state index contributed by atoms with van der Waals surface area (Å²) in [6.45, 7) is 2.38. The number of hydrogen-bond acceptors (Lipinski definition) is 5. The minimum absolute atomic E-state index is 0.386. The van der Waals surface area contributed by atoms with E-state index < -0.39 is 0 Å². The Bertz CT molecular complexity index is 827. The van der Waals surface area contributed by atoms with Crippen molar-refractivity contribution in [3.8, 4) is 6.07 Å². The van der Waals surface area contributed by atoms with Gasteiger partial charge >= 0.3 is 0 Å². The van der Waals surface area contributed by atoms with Crippen molar-refractivity contribution in [3.05, 3.63) is 47.5 Å². The fraction of sp³-hybridized carbons (Fsp3) is 0.143. The molecule has 0 atom stereocenters. The Morgan fingerprint density at radius 3 is 3.00 bits per heavy atom. The zero-order valence-corrected chi connectivity index (χ0v) is 10.9. The number of nitrogens with two attached hydrogens (primary N) is 1. The molecule has 0 fully saturated rings. The van der Waals surface area contributed by atoms with Gasteiger partial charge in [-0.05, 0) is 24.6 Å². The van der Waals surface area contributed by atoms with Crippen molar-refractivity contribution in [2.24, 2.45) is 0 Å². The second kappa shape index (κ2) is 4.63. The van der Waals surface area contributed by atoms with Crippen LogP contribution in [-0.4, -0.2) is 19.5 Å². The largest absolute Gasteiger partial charge is 0.382 e. The molecule has 0 aliphatic carbocycles. The van der Waals surface area contributed by atoms with Crippen LogP contribution in [0.15, 0.2) is 30.6 Å². The van der Waals surface area contributed by atoms with Crippen LogP contribution in [0.3, 0.4) is 0 Å². The normalized spacial score (nSPS) is 10.6. The molecule has 2 aromatic heterocycles. The van der Waals surface area contributed by atoms with E-state index in [0.29, 0.717) is 34.9 Å². The van der Waals surface area contributed by atoms with Crippen LogP contribution < -0.4 is 5.73 Å². The number of nitrogen functional groups attached to an aromatic ring is 1. The third-order valence-electron chi connectivity index (χ3n) is 3.01. The van der Waals surface area contributed by atoms with Gasteiger partial charge in [-0.25, -0.2) is 15.0 Å². The van der Waals surface area contributed by atoms with E-state index in [9.17, 15) is 0 Å². The van der Waals surface area contributed by atoms with Crippen molar-refractivity contribution in [1.29, 1.82) is 5.26 Å². The van der Waals surface area contributed by atoms with Crippen LogP contribution in [0.2, 0.25) is 0 Å². The molecule has 6 nitrogen and oxygen atoms in total. The van der Waals surface area contributed by atoms with Gasteiger partial charge in [-0.2, -0.15) is 5.26 Å². The highest BCUT2D eigenvalue weighted by molar-refractivity contribution is 5.81. The molecule has 0 aliphatic rings. The Morgan fingerprint density at radius 1 is 1.35 bits per heavy atom. The lowest BCUT2D eigenvalue weighted by molar-refractivity contribution is 0.810. The smallest absolute Gasteiger partial charge is 0.166 e. The summed E-state index contributed by atoms with van der Waals surface area (Å²) in [5, 5.41) is 8.93. The molecule has 2 N–H and O–H groups in total. The van der Waals surface area contributed by atoms with Gasteiger partial charge in [0.1, 0.15) is 11.3 Å². The van der Waals surface area contributed by atoms with Gasteiger partial charge in [0.2, 0.25) is 0 Å². The molecule has 0 aliphatic heterocycles. The van der Waals surface area contributed by atoms with Crippen LogP contribution in [0.1, 0.15) is 17.0 Å². The molecule has 6 heteroatoms. The van der Waals surface area contributed by atoms with Crippen LogP contribution in [0.4, 0.5) is 5.82 Å². The maximum absolute atomic E-state index is 8.93. The van der Waals surface area contributed by atoms with E-state index in [2.05, 4.69) is 21.0 Å². The first-order valence-corrected chi connectivity index (χ1v) is 6.11. The SMILES string of the molecule is Cc1nc(N)c2ncn(Cc3cccc(C#N)c3)c2n1. The summed E-state index contributed by atoms with van der Waals surface area (Å²) in [6.07, 6.45) is 1.69. The summed E-state index contributed by atoms with van der Waals surface area (Å²) < 4.78 is 1.90. The Kier molecular flexibility index (Phi) is 2.80. The minimum Gasteiger partial charge on any atom is -0.382 e. The van der Waals surface area contributed by atoms with Crippen molar-refractivity contribution >= 4 is 17.0 Å². The number of imidazole rings is 1. The Labute approximate surface area is 115 Å². The third-order valence-corrected chi connectivity index (χ3v) is 3.01. The zero-order valence-electron chi connectivity index (χ0n) is 10.9. The molecule has 0 saturated heterocycles. The average Bonchev–Trinajstić information content (AvgIpc) is 2.82. The van der Waals surface area contributed by atoms with Crippen molar-refractivity contribution in [2.75, 3.05) is 5.73 Å². The maximum Gasteiger partial charge on any atom is 0.166 e. The van der Waals surface area contributed by atoms with E-state index in [-0.39, 0.29) is 0 Å². The van der Waals surface area contributed by atoms with Gasteiger partial charge in [0, 0.05) is 0 Å². The van der Waals surface area contributed by atoms with Crippen molar-refractivity contribution in [2.45, 2.75) is 13.5 Å². The molecule has 0 amide bonds. The molecule has 0 radical (unpaired) electrons. The number of fused-ring (bicyclic) bond motifs is 1.